The minimum atomic E-state index is 0.822. The minimum absolute atomic E-state index is 0.822. The van der Waals surface area contributed by atoms with Crippen molar-refractivity contribution in [1.29, 1.82) is 0 Å². The lowest BCUT2D eigenvalue weighted by Crippen LogP contribution is -2.02. The third kappa shape index (κ3) is 5.08. The third-order valence-corrected chi connectivity index (χ3v) is 9.70. The van der Waals surface area contributed by atoms with Crippen molar-refractivity contribution in [3.05, 3.63) is 176 Å². The molecule has 0 unspecified atom stereocenters. The summed E-state index contributed by atoms with van der Waals surface area (Å²) in [6.07, 6.45) is 4.16. The number of pyridine rings is 1. The molecule has 6 aromatic carbocycles. The van der Waals surface area contributed by atoms with Crippen LogP contribution in [0.15, 0.2) is 175 Å². The van der Waals surface area contributed by atoms with Crippen molar-refractivity contribution in [3.8, 4) is 45.0 Å². The minimum Gasteiger partial charge on any atom is -0.309 e. The zero-order valence-corrected chi connectivity index (χ0v) is 28.2. The van der Waals surface area contributed by atoms with E-state index in [-0.39, 0.29) is 0 Å². The van der Waals surface area contributed by atoms with Gasteiger partial charge in [0.2, 0.25) is 0 Å². The topological polar surface area (TPSA) is 35.1 Å². The Hall–Kier alpha value is -6.78. The van der Waals surface area contributed by atoms with Crippen molar-refractivity contribution in [2.24, 2.45) is 4.99 Å². The van der Waals surface area contributed by atoms with Gasteiger partial charge in [-0.1, -0.05) is 127 Å². The molecule has 4 nitrogen and oxygen atoms in total. The van der Waals surface area contributed by atoms with Crippen LogP contribution in [-0.4, -0.2) is 20.8 Å². The van der Waals surface area contributed by atoms with Gasteiger partial charge in [-0.25, -0.2) is 4.98 Å². The molecule has 0 bridgehead atoms. The SMILES string of the molecule is C=Nc1c(/C=C\C)n(-c2cc(-c3ccccc3)cc(-c3ccccc3)n2)c2ccc(-c3cccc4c5ccccc5n(-c5ccccc5)c34)cc12. The van der Waals surface area contributed by atoms with Crippen LogP contribution in [0.2, 0.25) is 0 Å². The highest BCUT2D eigenvalue weighted by atomic mass is 15.1. The maximum absolute atomic E-state index is 5.29. The molecule has 0 amide bonds. The van der Waals surface area contributed by atoms with Gasteiger partial charge in [0.05, 0.1) is 33.6 Å². The zero-order chi connectivity index (χ0) is 34.3. The number of hydrogen-bond donors (Lipinski definition) is 0. The van der Waals surface area contributed by atoms with Crippen LogP contribution in [0.5, 0.6) is 0 Å². The number of allylic oxidation sites excluding steroid dienone is 1. The summed E-state index contributed by atoms with van der Waals surface area (Å²) < 4.78 is 4.61. The van der Waals surface area contributed by atoms with E-state index in [0.29, 0.717) is 0 Å². The Labute approximate surface area is 296 Å². The summed E-state index contributed by atoms with van der Waals surface area (Å²) in [6, 6.07) is 57.8. The van der Waals surface area contributed by atoms with Crippen molar-refractivity contribution in [1.82, 2.24) is 14.1 Å². The number of para-hydroxylation sites is 3. The van der Waals surface area contributed by atoms with E-state index in [9.17, 15) is 0 Å². The van der Waals surface area contributed by atoms with Crippen molar-refractivity contribution in [2.45, 2.75) is 6.92 Å². The van der Waals surface area contributed by atoms with Crippen molar-refractivity contribution < 1.29 is 0 Å². The first kappa shape index (κ1) is 30.3. The molecule has 0 aliphatic rings. The molecule has 51 heavy (non-hydrogen) atoms. The third-order valence-electron chi connectivity index (χ3n) is 9.70. The van der Waals surface area contributed by atoms with Gasteiger partial charge in [0.25, 0.3) is 0 Å². The summed E-state index contributed by atoms with van der Waals surface area (Å²) in [5.41, 5.74) is 12.7. The van der Waals surface area contributed by atoms with Crippen LogP contribution in [-0.2, 0) is 0 Å². The van der Waals surface area contributed by atoms with Gasteiger partial charge in [-0.3, -0.25) is 9.56 Å². The van der Waals surface area contributed by atoms with Crippen molar-refractivity contribution in [2.75, 3.05) is 0 Å². The molecule has 0 radical (unpaired) electrons. The van der Waals surface area contributed by atoms with Crippen LogP contribution < -0.4 is 0 Å². The molecule has 9 rings (SSSR count). The molecule has 9 aromatic rings. The second-order valence-electron chi connectivity index (χ2n) is 12.7. The van der Waals surface area contributed by atoms with Crippen molar-refractivity contribution in [3.63, 3.8) is 0 Å². The van der Waals surface area contributed by atoms with Crippen LogP contribution in [0.1, 0.15) is 12.6 Å². The molecule has 0 saturated carbocycles. The molecule has 0 spiro atoms. The first-order chi connectivity index (χ1) is 25.2. The normalized spacial score (nSPS) is 11.6. The zero-order valence-electron chi connectivity index (χ0n) is 28.2. The summed E-state index contributed by atoms with van der Waals surface area (Å²) in [4.78, 5) is 9.96. The Morgan fingerprint density at radius 2 is 1.22 bits per heavy atom. The number of fused-ring (bicyclic) bond motifs is 4. The number of aliphatic imine (C=N–C) groups is 1. The Bertz CT molecular complexity index is 2690. The van der Waals surface area contributed by atoms with Gasteiger partial charge in [0.15, 0.2) is 0 Å². The fourth-order valence-electron chi connectivity index (χ4n) is 7.47. The second kappa shape index (κ2) is 12.6. The maximum Gasteiger partial charge on any atom is 0.138 e. The fourth-order valence-corrected chi connectivity index (χ4v) is 7.47. The van der Waals surface area contributed by atoms with E-state index in [4.69, 9.17) is 4.98 Å². The maximum atomic E-state index is 5.29. The van der Waals surface area contributed by atoms with Gasteiger partial charge in [0, 0.05) is 33.0 Å². The summed E-state index contributed by atoms with van der Waals surface area (Å²) in [5.74, 6) is 0.822. The molecule has 4 heteroatoms. The molecule has 0 saturated heterocycles. The van der Waals surface area contributed by atoms with Gasteiger partial charge < -0.3 is 4.57 Å². The number of aromatic nitrogens is 3. The molecule has 3 heterocycles. The Kier molecular flexibility index (Phi) is 7.48. The molecule has 0 atom stereocenters. The average molecular weight is 655 g/mol. The van der Waals surface area contributed by atoms with Gasteiger partial charge in [-0.15, -0.1) is 0 Å². The Balaban J connectivity index is 1.31. The monoisotopic (exact) mass is 654 g/mol. The molecule has 0 N–H and O–H groups in total. The lowest BCUT2D eigenvalue weighted by molar-refractivity contribution is 1.03. The van der Waals surface area contributed by atoms with E-state index >= 15 is 0 Å². The van der Waals surface area contributed by atoms with Crippen LogP contribution in [0.3, 0.4) is 0 Å². The number of rotatable bonds is 7. The summed E-state index contributed by atoms with van der Waals surface area (Å²) in [6.45, 7) is 6.11. The lowest BCUT2D eigenvalue weighted by atomic mass is 10.00. The quantitative estimate of drug-likeness (QED) is 0.158. The molecule has 0 fully saturated rings. The molecule has 0 aliphatic heterocycles. The van der Waals surface area contributed by atoms with Gasteiger partial charge in [0.1, 0.15) is 5.82 Å². The first-order valence-corrected chi connectivity index (χ1v) is 17.2. The number of nitrogens with zero attached hydrogens (tertiary/aromatic N) is 4. The highest BCUT2D eigenvalue weighted by Gasteiger charge is 2.21. The Morgan fingerprint density at radius 3 is 1.96 bits per heavy atom. The van der Waals surface area contributed by atoms with Crippen molar-refractivity contribution >= 4 is 51.2 Å². The standard InChI is InChI=1S/C47H34N4/c1-3-16-44-46(48-2)40-29-34(37-24-15-25-39-38-23-13-14-26-42(38)50(47(37)39)36-21-11-6-12-22-36)27-28-43(40)51(44)45-31-35(32-17-7-4-8-18-32)30-41(49-45)33-19-9-5-10-20-33/h3-31H,2H2,1H3/b16-3-. The molecule has 3 aromatic heterocycles. The van der Waals surface area contributed by atoms with Crippen LogP contribution in [0, 0.1) is 0 Å². The average Bonchev–Trinajstić information content (AvgIpc) is 3.71. The number of hydrogen-bond acceptors (Lipinski definition) is 2. The Morgan fingerprint density at radius 1 is 0.549 bits per heavy atom. The van der Waals surface area contributed by atoms with Crippen LogP contribution >= 0.6 is 0 Å². The molecule has 242 valence electrons. The predicted molar refractivity (Wildman–Crippen MR) is 216 cm³/mol. The predicted octanol–water partition coefficient (Wildman–Crippen LogP) is 12.5. The van der Waals surface area contributed by atoms with Crippen LogP contribution in [0.4, 0.5) is 5.69 Å². The first-order valence-electron chi connectivity index (χ1n) is 17.2. The smallest absolute Gasteiger partial charge is 0.138 e. The van der Waals surface area contributed by atoms with E-state index in [2.05, 4.69) is 185 Å². The van der Waals surface area contributed by atoms with Gasteiger partial charge >= 0.3 is 0 Å². The summed E-state index contributed by atoms with van der Waals surface area (Å²) in [7, 11) is 0. The van der Waals surface area contributed by atoms with E-state index in [1.54, 1.807) is 0 Å². The highest BCUT2D eigenvalue weighted by molar-refractivity contribution is 6.14. The van der Waals surface area contributed by atoms with Gasteiger partial charge in [-0.05, 0) is 78.9 Å². The highest BCUT2D eigenvalue weighted by Crippen LogP contribution is 2.43. The second-order valence-corrected chi connectivity index (χ2v) is 12.7. The van der Waals surface area contributed by atoms with Crippen LogP contribution in [0.25, 0.3) is 83.8 Å². The van der Waals surface area contributed by atoms with E-state index in [1.807, 2.05) is 19.1 Å². The van der Waals surface area contributed by atoms with Gasteiger partial charge in [-0.2, -0.15) is 0 Å². The largest absolute Gasteiger partial charge is 0.309 e. The summed E-state index contributed by atoms with van der Waals surface area (Å²) in [5, 5.41) is 3.47. The number of benzene rings is 6. The summed E-state index contributed by atoms with van der Waals surface area (Å²) >= 11 is 0. The fraction of sp³-hybridized carbons (Fsp3) is 0.0213. The molecular weight excluding hydrogens is 621 g/mol. The molecular formula is C47H34N4. The van der Waals surface area contributed by atoms with E-state index in [1.165, 1.54) is 21.8 Å². The lowest BCUT2D eigenvalue weighted by Gasteiger charge is -2.14. The van der Waals surface area contributed by atoms with E-state index in [0.717, 1.165) is 67.3 Å². The molecule has 0 aliphatic carbocycles. The van der Waals surface area contributed by atoms with E-state index < -0.39 is 0 Å².